The first-order valence-corrected chi connectivity index (χ1v) is 12.5. The Morgan fingerprint density at radius 2 is 1.20 bits per heavy atom. The Bertz CT molecular complexity index is 820. The average Bonchev–Trinajstić information content (AvgIpc) is 2.92. The van der Waals surface area contributed by atoms with Gasteiger partial charge in [0.2, 0.25) is 12.0 Å². The summed E-state index contributed by atoms with van der Waals surface area (Å²) in [6, 6.07) is -1.52. The molecule has 0 bridgehead atoms. The first kappa shape index (κ1) is 33.3. The van der Waals surface area contributed by atoms with E-state index in [1.807, 2.05) is 0 Å². The largest absolute Gasteiger partial charge is 0.420 e. The number of rotatable bonds is 9. The summed E-state index contributed by atoms with van der Waals surface area (Å²) in [5, 5.41) is 102. The summed E-state index contributed by atoms with van der Waals surface area (Å²) in [6.45, 7) is -0.993. The Balaban J connectivity index is 1.97. The molecule has 0 amide bonds. The second-order valence-electron chi connectivity index (χ2n) is 9.93. The average molecular weight is 591 g/mol. The Hall–Kier alpha value is -1.17. The molecular formula is C22H40NO17+. The fraction of sp³-hybridized carbons (Fsp3) is 0.955. The molecule has 3 aliphatic rings. The van der Waals surface area contributed by atoms with Gasteiger partial charge < -0.3 is 78.9 Å². The first-order valence-electron chi connectivity index (χ1n) is 12.5. The van der Waals surface area contributed by atoms with Gasteiger partial charge >= 0.3 is 0 Å². The van der Waals surface area contributed by atoms with Gasteiger partial charge in [0, 0.05) is 6.92 Å². The minimum Gasteiger partial charge on any atom is -0.420 e. The maximum atomic E-state index is 11.0. The van der Waals surface area contributed by atoms with E-state index in [0.717, 1.165) is 0 Å². The second-order valence-corrected chi connectivity index (χ2v) is 9.93. The predicted octanol–water partition coefficient (Wildman–Crippen LogP) is -5.84. The lowest BCUT2D eigenvalue weighted by Crippen LogP contribution is -2.67. The maximum Gasteiger partial charge on any atom is 0.224 e. The van der Waals surface area contributed by atoms with E-state index in [1.54, 1.807) is 0 Å². The van der Waals surface area contributed by atoms with E-state index < -0.39 is 112 Å². The fourth-order valence-electron chi connectivity index (χ4n) is 4.95. The molecule has 3 fully saturated rings. The predicted molar refractivity (Wildman–Crippen MR) is 127 cm³/mol. The van der Waals surface area contributed by atoms with Gasteiger partial charge in [0.05, 0.1) is 19.8 Å². The van der Waals surface area contributed by atoms with E-state index in [-0.39, 0.29) is 5.90 Å². The molecule has 10 N–H and O–H groups in total. The maximum absolute atomic E-state index is 11.0. The third kappa shape index (κ3) is 6.89. The van der Waals surface area contributed by atoms with Gasteiger partial charge in [-0.05, 0) is 0 Å². The van der Waals surface area contributed by atoms with Crippen molar-refractivity contribution in [3.8, 4) is 0 Å². The first-order chi connectivity index (χ1) is 18.9. The molecule has 0 saturated carbocycles. The van der Waals surface area contributed by atoms with E-state index in [0.29, 0.717) is 0 Å². The molecule has 0 unspecified atom stereocenters. The van der Waals surface area contributed by atoms with Crippen molar-refractivity contribution < 1.29 is 84.2 Å². The highest BCUT2D eigenvalue weighted by atomic mass is 17.1. The Kier molecular flexibility index (Phi) is 11.9. The van der Waals surface area contributed by atoms with Crippen LogP contribution in [0.15, 0.2) is 4.99 Å². The van der Waals surface area contributed by atoms with Gasteiger partial charge in [-0.2, -0.15) is 0 Å². The number of hydrogen-bond acceptors (Lipinski definition) is 17. The third-order valence-corrected chi connectivity index (χ3v) is 7.07. The molecule has 3 saturated heterocycles. The summed E-state index contributed by atoms with van der Waals surface area (Å²) in [6.07, 6.45) is -21.6. The summed E-state index contributed by atoms with van der Waals surface area (Å²) >= 11 is 0. The molecule has 40 heavy (non-hydrogen) atoms. The van der Waals surface area contributed by atoms with Crippen LogP contribution in [-0.4, -0.2) is 183 Å². The number of ether oxygens (including phenoxy) is 5. The minimum absolute atomic E-state index is 0.387. The van der Waals surface area contributed by atoms with Gasteiger partial charge in [-0.3, -0.25) is 0 Å². The normalized spacial score (nSPS) is 47.0. The van der Waals surface area contributed by atoms with Crippen LogP contribution in [0.5, 0.6) is 0 Å². The smallest absolute Gasteiger partial charge is 0.224 e. The van der Waals surface area contributed by atoms with Crippen LogP contribution in [0.2, 0.25) is 0 Å². The molecular weight excluding hydrogens is 550 g/mol. The molecule has 15 atom stereocenters. The standard InChI is InChI=1S/C22H39NO17/c1-7(39-33)23-11-17(37-22-16(31)19(40(2)3)14(29)10(6-26)36-22)12(27)9(5-25)35-21(11)38-18-13(28)8(4-24)34-20(32)15(18)30/h8-22,24-32H,4-6H2,1-3H3/p+1/t8-,9-,10-,11-,12-,13+,14+,15-,16-,17-,18+,19+,20-,21+,22+/m1/s1. The Morgan fingerprint density at radius 3 is 1.75 bits per heavy atom. The highest BCUT2D eigenvalue weighted by Crippen LogP contribution is 2.34. The lowest BCUT2D eigenvalue weighted by Gasteiger charge is -2.48. The third-order valence-electron chi connectivity index (χ3n) is 7.07. The molecule has 0 aromatic rings. The van der Waals surface area contributed by atoms with Crippen LogP contribution in [-0.2, 0) is 32.9 Å². The van der Waals surface area contributed by atoms with Gasteiger partial charge in [-0.25, -0.2) is 10.2 Å². The molecule has 3 rings (SSSR count). The van der Waals surface area contributed by atoms with Crippen LogP contribution in [0.1, 0.15) is 6.92 Å². The van der Waals surface area contributed by atoms with Crippen molar-refractivity contribution in [3.05, 3.63) is 0 Å². The monoisotopic (exact) mass is 590 g/mol. The zero-order valence-corrected chi connectivity index (χ0v) is 22.1. The van der Waals surface area contributed by atoms with Crippen LogP contribution >= 0.6 is 0 Å². The van der Waals surface area contributed by atoms with E-state index in [9.17, 15) is 46.0 Å². The quantitative estimate of drug-likeness (QED) is 0.0394. The van der Waals surface area contributed by atoms with Crippen molar-refractivity contribution in [2.75, 3.05) is 34.0 Å². The molecule has 3 aliphatic heterocycles. The Morgan fingerprint density at radius 1 is 0.700 bits per heavy atom. The van der Waals surface area contributed by atoms with Crippen LogP contribution in [0.25, 0.3) is 0 Å². The zero-order chi connectivity index (χ0) is 29.9. The summed E-state index contributed by atoms with van der Waals surface area (Å²) < 4.78 is 30.1. The van der Waals surface area contributed by atoms with Gasteiger partial charge in [0.15, 0.2) is 31.1 Å². The van der Waals surface area contributed by atoms with Gasteiger partial charge in [-0.1, -0.05) is 0 Å². The van der Waals surface area contributed by atoms with E-state index in [4.69, 9.17) is 28.9 Å². The fourth-order valence-corrected chi connectivity index (χ4v) is 4.95. The Labute approximate surface area is 228 Å². The zero-order valence-electron chi connectivity index (χ0n) is 22.1. The van der Waals surface area contributed by atoms with Crippen molar-refractivity contribution in [2.45, 2.75) is 99.0 Å². The number of nitrogens with zero attached hydrogens (tertiary/aromatic N) is 1. The summed E-state index contributed by atoms with van der Waals surface area (Å²) in [4.78, 5) is 8.21. The van der Waals surface area contributed by atoms with E-state index in [1.165, 1.54) is 21.1 Å². The number of aliphatic imine (C=N–C) groups is 1. The van der Waals surface area contributed by atoms with E-state index in [2.05, 4.69) is 14.2 Å². The molecule has 234 valence electrons. The second kappa shape index (κ2) is 14.3. The summed E-state index contributed by atoms with van der Waals surface area (Å²) in [5.41, 5.74) is 0. The van der Waals surface area contributed by atoms with Crippen molar-refractivity contribution in [1.29, 1.82) is 0 Å². The molecule has 3 heterocycles. The molecule has 0 aromatic carbocycles. The topological polar surface area (TPSA) is 273 Å². The lowest BCUT2D eigenvalue weighted by molar-refractivity contribution is -0.371. The molecule has 0 aromatic heterocycles. The SMILES string of the molecule is CC(=N[C@H]1[C@H](O[C@@H]2[C@@H](O)[C@H](O)O[C@H](CO)[C@@H]2O)O[C@H](CO)[C@@H](O)[C@@H]1O[C@@H]1O[C@H](CO)[C@H](O)[C@H]([O+](C)C)[C@H]1O)OO. The van der Waals surface area contributed by atoms with Crippen LogP contribution < -0.4 is 0 Å². The molecule has 18 heteroatoms. The van der Waals surface area contributed by atoms with Crippen LogP contribution in [0.3, 0.4) is 0 Å². The van der Waals surface area contributed by atoms with Crippen LogP contribution in [0.4, 0.5) is 0 Å². The van der Waals surface area contributed by atoms with Crippen molar-refractivity contribution in [3.63, 3.8) is 0 Å². The van der Waals surface area contributed by atoms with Gasteiger partial charge in [0.25, 0.3) is 0 Å². The minimum atomic E-state index is -1.88. The molecule has 0 spiro atoms. The van der Waals surface area contributed by atoms with Crippen molar-refractivity contribution >= 4 is 5.90 Å². The summed E-state index contributed by atoms with van der Waals surface area (Å²) in [5.74, 6) is -0.387. The lowest BCUT2D eigenvalue weighted by atomic mass is 9.94. The van der Waals surface area contributed by atoms with Gasteiger partial charge in [0.1, 0.15) is 69.1 Å². The van der Waals surface area contributed by atoms with E-state index >= 15 is 0 Å². The number of hydrogen-bond donors (Lipinski definition) is 10. The highest BCUT2D eigenvalue weighted by molar-refractivity contribution is 5.72. The van der Waals surface area contributed by atoms with Gasteiger partial charge in [-0.15, -0.1) is 0 Å². The van der Waals surface area contributed by atoms with Crippen LogP contribution in [0, 0.1) is 0 Å². The van der Waals surface area contributed by atoms with Crippen molar-refractivity contribution in [1.82, 2.24) is 0 Å². The van der Waals surface area contributed by atoms with Crippen molar-refractivity contribution in [2.24, 2.45) is 4.99 Å². The number of aliphatic hydroxyl groups excluding tert-OH is 9. The molecule has 0 radical (unpaired) electrons. The summed E-state index contributed by atoms with van der Waals surface area (Å²) in [7, 11) is 2.97. The molecule has 18 nitrogen and oxygen atoms in total. The molecule has 0 aliphatic carbocycles. The highest BCUT2D eigenvalue weighted by Gasteiger charge is 2.56. The number of aliphatic hydroxyl groups is 9.